The number of nitrogens with one attached hydrogen (secondary N) is 1. The van der Waals surface area contributed by atoms with Gasteiger partial charge in [-0.2, -0.15) is 0 Å². The van der Waals surface area contributed by atoms with Crippen LogP contribution in [0.2, 0.25) is 0 Å². The normalized spacial score (nSPS) is 20.5. The molecule has 0 aliphatic carbocycles. The maximum atomic E-state index is 12.6. The van der Waals surface area contributed by atoms with E-state index in [9.17, 15) is 9.59 Å². The van der Waals surface area contributed by atoms with Gasteiger partial charge in [0.2, 0.25) is 5.91 Å². The summed E-state index contributed by atoms with van der Waals surface area (Å²) >= 11 is 3.45. The standard InChI is InChI=1S/C19H27BrN4O3/c1-15(25)24(9-8-22-10-12-27-13-11-22)16-6-7-23(14-16)19(26)21-18-5-3-2-4-17(18)20/h2-5,16H,6-14H2,1H3,(H,21,26). The van der Waals surface area contributed by atoms with Crippen LogP contribution in [0.25, 0.3) is 0 Å². The first-order valence-corrected chi connectivity index (χ1v) is 10.2. The average molecular weight is 439 g/mol. The Balaban J connectivity index is 1.53. The molecule has 1 aromatic carbocycles. The van der Waals surface area contributed by atoms with Crippen molar-refractivity contribution < 1.29 is 14.3 Å². The molecule has 1 atom stereocenters. The summed E-state index contributed by atoms with van der Waals surface area (Å²) in [5.41, 5.74) is 0.752. The van der Waals surface area contributed by atoms with E-state index in [4.69, 9.17) is 4.74 Å². The van der Waals surface area contributed by atoms with Crippen molar-refractivity contribution in [2.24, 2.45) is 0 Å². The number of urea groups is 1. The summed E-state index contributed by atoms with van der Waals surface area (Å²) in [5.74, 6) is 0.0707. The predicted molar refractivity (Wildman–Crippen MR) is 108 cm³/mol. The maximum Gasteiger partial charge on any atom is 0.321 e. The second kappa shape index (κ2) is 9.52. The van der Waals surface area contributed by atoms with Crippen molar-refractivity contribution in [2.75, 3.05) is 57.8 Å². The molecule has 148 valence electrons. The highest BCUT2D eigenvalue weighted by atomic mass is 79.9. The van der Waals surface area contributed by atoms with E-state index in [0.29, 0.717) is 19.6 Å². The molecule has 7 nitrogen and oxygen atoms in total. The van der Waals surface area contributed by atoms with Crippen LogP contribution < -0.4 is 5.32 Å². The lowest BCUT2D eigenvalue weighted by atomic mass is 10.2. The zero-order valence-corrected chi connectivity index (χ0v) is 17.3. The van der Waals surface area contributed by atoms with Gasteiger partial charge in [-0.05, 0) is 34.5 Å². The van der Waals surface area contributed by atoms with Gasteiger partial charge in [-0.3, -0.25) is 9.69 Å². The minimum absolute atomic E-state index is 0.0707. The number of morpholine rings is 1. The third kappa shape index (κ3) is 5.43. The quantitative estimate of drug-likeness (QED) is 0.765. The van der Waals surface area contributed by atoms with Gasteiger partial charge >= 0.3 is 6.03 Å². The Hall–Kier alpha value is -1.64. The first kappa shape index (κ1) is 20.1. The molecular formula is C19H27BrN4O3. The molecule has 3 amide bonds. The second-order valence-electron chi connectivity index (χ2n) is 6.96. The molecule has 1 unspecified atom stereocenters. The lowest BCUT2D eigenvalue weighted by Gasteiger charge is -2.32. The van der Waals surface area contributed by atoms with Gasteiger partial charge in [-0.25, -0.2) is 4.79 Å². The van der Waals surface area contributed by atoms with Crippen LogP contribution in [0.4, 0.5) is 10.5 Å². The summed E-state index contributed by atoms with van der Waals surface area (Å²) < 4.78 is 6.23. The molecule has 0 spiro atoms. The van der Waals surface area contributed by atoms with E-state index in [1.165, 1.54) is 0 Å². The lowest BCUT2D eigenvalue weighted by molar-refractivity contribution is -0.131. The molecule has 2 aliphatic rings. The van der Waals surface area contributed by atoms with Crippen LogP contribution in [0.5, 0.6) is 0 Å². The third-order valence-corrected chi connectivity index (χ3v) is 5.86. The minimum atomic E-state index is -0.124. The highest BCUT2D eigenvalue weighted by Gasteiger charge is 2.32. The number of anilines is 1. The molecule has 0 aromatic heterocycles. The lowest BCUT2D eigenvalue weighted by Crippen LogP contribution is -2.47. The number of para-hydroxylation sites is 1. The van der Waals surface area contributed by atoms with Crippen LogP contribution in [-0.2, 0) is 9.53 Å². The molecule has 1 aromatic rings. The van der Waals surface area contributed by atoms with Crippen LogP contribution in [0.1, 0.15) is 13.3 Å². The van der Waals surface area contributed by atoms with Gasteiger partial charge in [0, 0.05) is 50.7 Å². The van der Waals surface area contributed by atoms with Gasteiger partial charge in [-0.15, -0.1) is 0 Å². The molecule has 3 rings (SSSR count). The van der Waals surface area contributed by atoms with E-state index in [1.54, 1.807) is 11.8 Å². The van der Waals surface area contributed by atoms with Crippen molar-refractivity contribution in [3.05, 3.63) is 28.7 Å². The number of halogens is 1. The topological polar surface area (TPSA) is 65.1 Å². The predicted octanol–water partition coefficient (Wildman–Crippen LogP) is 2.24. The molecule has 1 N–H and O–H groups in total. The van der Waals surface area contributed by atoms with Gasteiger partial charge < -0.3 is 19.9 Å². The third-order valence-electron chi connectivity index (χ3n) is 5.17. The number of hydrogen-bond acceptors (Lipinski definition) is 4. The number of carbonyl (C=O) groups is 2. The molecular weight excluding hydrogens is 412 g/mol. The number of nitrogens with zero attached hydrogens (tertiary/aromatic N) is 3. The van der Waals surface area contributed by atoms with Gasteiger partial charge in [0.05, 0.1) is 24.9 Å². The molecule has 8 heteroatoms. The fourth-order valence-electron chi connectivity index (χ4n) is 3.61. The van der Waals surface area contributed by atoms with Crippen molar-refractivity contribution in [3.63, 3.8) is 0 Å². The molecule has 2 saturated heterocycles. The van der Waals surface area contributed by atoms with Crippen LogP contribution >= 0.6 is 15.9 Å². The first-order valence-electron chi connectivity index (χ1n) is 9.42. The van der Waals surface area contributed by atoms with E-state index in [-0.39, 0.29) is 18.0 Å². The summed E-state index contributed by atoms with van der Waals surface area (Å²) in [6.45, 7) is 7.72. The summed E-state index contributed by atoms with van der Waals surface area (Å²) in [5, 5.41) is 2.94. The number of rotatable bonds is 5. The summed E-state index contributed by atoms with van der Waals surface area (Å²) in [4.78, 5) is 30.8. The van der Waals surface area contributed by atoms with Gasteiger partial charge in [-0.1, -0.05) is 12.1 Å². The second-order valence-corrected chi connectivity index (χ2v) is 7.82. The molecule has 2 fully saturated rings. The summed E-state index contributed by atoms with van der Waals surface area (Å²) in [6.07, 6.45) is 0.812. The highest BCUT2D eigenvalue weighted by molar-refractivity contribution is 9.10. The maximum absolute atomic E-state index is 12.6. The minimum Gasteiger partial charge on any atom is -0.379 e. The molecule has 27 heavy (non-hydrogen) atoms. The number of benzene rings is 1. The van der Waals surface area contributed by atoms with Crippen LogP contribution in [-0.4, -0.2) is 85.2 Å². The largest absolute Gasteiger partial charge is 0.379 e. The zero-order chi connectivity index (χ0) is 19.2. The van der Waals surface area contributed by atoms with Crippen molar-refractivity contribution in [3.8, 4) is 0 Å². The molecule has 0 radical (unpaired) electrons. The van der Waals surface area contributed by atoms with Gasteiger partial charge in [0.1, 0.15) is 0 Å². The van der Waals surface area contributed by atoms with Crippen molar-refractivity contribution >= 4 is 33.6 Å². The smallest absolute Gasteiger partial charge is 0.321 e. The Morgan fingerprint density at radius 1 is 1.26 bits per heavy atom. The highest BCUT2D eigenvalue weighted by Crippen LogP contribution is 2.23. The van der Waals surface area contributed by atoms with E-state index < -0.39 is 0 Å². The van der Waals surface area contributed by atoms with Crippen molar-refractivity contribution in [2.45, 2.75) is 19.4 Å². The van der Waals surface area contributed by atoms with Crippen LogP contribution in [0.3, 0.4) is 0 Å². The van der Waals surface area contributed by atoms with Crippen LogP contribution in [0.15, 0.2) is 28.7 Å². The molecule has 2 aliphatic heterocycles. The monoisotopic (exact) mass is 438 g/mol. The molecule has 0 saturated carbocycles. The summed E-state index contributed by atoms with van der Waals surface area (Å²) in [6, 6.07) is 7.50. The fraction of sp³-hybridized carbons (Fsp3) is 0.579. The van der Waals surface area contributed by atoms with E-state index in [1.807, 2.05) is 29.2 Å². The number of carbonyl (C=O) groups excluding carboxylic acids is 2. The van der Waals surface area contributed by atoms with E-state index in [0.717, 1.165) is 49.4 Å². The number of amides is 3. The fourth-order valence-corrected chi connectivity index (χ4v) is 3.99. The average Bonchev–Trinajstić information content (AvgIpc) is 3.14. The van der Waals surface area contributed by atoms with Crippen LogP contribution in [0, 0.1) is 0 Å². The Bertz CT molecular complexity index is 666. The Kier molecular flexibility index (Phi) is 7.09. The number of likely N-dealkylation sites (tertiary alicyclic amines) is 1. The molecule has 2 heterocycles. The SMILES string of the molecule is CC(=O)N(CCN1CCOCC1)C1CCN(C(=O)Nc2ccccc2Br)C1. The van der Waals surface area contributed by atoms with Gasteiger partial charge in [0.15, 0.2) is 0 Å². The van der Waals surface area contributed by atoms with Crippen molar-refractivity contribution in [1.29, 1.82) is 0 Å². The van der Waals surface area contributed by atoms with Crippen molar-refractivity contribution in [1.82, 2.24) is 14.7 Å². The number of hydrogen-bond donors (Lipinski definition) is 1. The van der Waals surface area contributed by atoms with E-state index in [2.05, 4.69) is 26.1 Å². The summed E-state index contributed by atoms with van der Waals surface area (Å²) in [7, 11) is 0. The Morgan fingerprint density at radius 3 is 2.70 bits per heavy atom. The van der Waals surface area contributed by atoms with Gasteiger partial charge in [0.25, 0.3) is 0 Å². The number of ether oxygens (including phenoxy) is 1. The Morgan fingerprint density at radius 2 is 2.00 bits per heavy atom. The first-order chi connectivity index (χ1) is 13.0. The van der Waals surface area contributed by atoms with E-state index >= 15 is 0 Å². The molecule has 0 bridgehead atoms. The Labute approximate surface area is 168 Å². The zero-order valence-electron chi connectivity index (χ0n) is 15.7.